The Balaban J connectivity index is 1.60. The molecule has 0 saturated carbocycles. The first-order valence-corrected chi connectivity index (χ1v) is 8.38. The van der Waals surface area contributed by atoms with Crippen LogP contribution in [-0.4, -0.2) is 37.1 Å². The molecule has 1 N–H and O–H groups in total. The van der Waals surface area contributed by atoms with Gasteiger partial charge < -0.3 is 15.1 Å². The molecule has 0 bridgehead atoms. The quantitative estimate of drug-likeness (QED) is 0.860. The lowest BCUT2D eigenvalue weighted by molar-refractivity contribution is -0.137. The summed E-state index contributed by atoms with van der Waals surface area (Å²) in [5.41, 5.74) is 1.65. The number of hydrogen-bond acceptors (Lipinski definition) is 2. The number of hydrogen-bond donors (Lipinski definition) is 1. The molecular formula is C19H20F3N3O. The number of benzene rings is 2. The standard InChI is InChI=1S/C19H20F3N3O/c1-14-4-2-6-16(12-14)23-18(26)25-10-8-24(9-11-25)17-7-3-5-15(13-17)19(20,21)22/h2-7,12-13H,8-11H2,1H3,(H,23,26). The molecular weight excluding hydrogens is 343 g/mol. The minimum atomic E-state index is -4.36. The molecule has 1 saturated heterocycles. The first kappa shape index (κ1) is 18.1. The second-order valence-electron chi connectivity index (χ2n) is 6.32. The number of halogens is 3. The Morgan fingerprint density at radius 2 is 1.69 bits per heavy atom. The molecule has 1 heterocycles. The third kappa shape index (κ3) is 4.28. The third-order valence-electron chi connectivity index (χ3n) is 4.37. The number of amides is 2. The normalized spacial score (nSPS) is 15.1. The van der Waals surface area contributed by atoms with Crippen LogP contribution in [0.25, 0.3) is 0 Å². The molecule has 0 spiro atoms. The maximum Gasteiger partial charge on any atom is 0.416 e. The van der Waals surface area contributed by atoms with Crippen molar-refractivity contribution in [2.45, 2.75) is 13.1 Å². The number of rotatable bonds is 2. The average molecular weight is 363 g/mol. The third-order valence-corrected chi connectivity index (χ3v) is 4.37. The maximum absolute atomic E-state index is 12.9. The van der Waals surface area contributed by atoms with Crippen LogP contribution in [-0.2, 0) is 6.18 Å². The average Bonchev–Trinajstić information content (AvgIpc) is 2.61. The monoisotopic (exact) mass is 363 g/mol. The number of carbonyl (C=O) groups excluding carboxylic acids is 1. The summed E-state index contributed by atoms with van der Waals surface area (Å²) >= 11 is 0. The van der Waals surface area contributed by atoms with Gasteiger partial charge in [0.15, 0.2) is 0 Å². The number of piperazine rings is 1. The molecule has 0 aromatic heterocycles. The van der Waals surface area contributed by atoms with Crippen LogP contribution in [0, 0.1) is 6.92 Å². The Kier molecular flexibility index (Phi) is 5.06. The Labute approximate surface area is 150 Å². The molecule has 0 unspecified atom stereocenters. The van der Waals surface area contributed by atoms with Crippen molar-refractivity contribution in [3.05, 3.63) is 59.7 Å². The highest BCUT2D eigenvalue weighted by atomic mass is 19.4. The zero-order valence-electron chi connectivity index (χ0n) is 14.4. The molecule has 0 radical (unpaired) electrons. The molecule has 0 atom stereocenters. The fraction of sp³-hybridized carbons (Fsp3) is 0.316. The fourth-order valence-corrected chi connectivity index (χ4v) is 2.97. The highest BCUT2D eigenvalue weighted by Gasteiger charge is 2.31. The number of aryl methyl sites for hydroxylation is 1. The van der Waals surface area contributed by atoms with Crippen LogP contribution in [0.4, 0.5) is 29.3 Å². The van der Waals surface area contributed by atoms with Gasteiger partial charge in [0.1, 0.15) is 0 Å². The van der Waals surface area contributed by atoms with Crippen molar-refractivity contribution in [1.82, 2.24) is 4.90 Å². The van der Waals surface area contributed by atoms with Crippen molar-refractivity contribution in [3.63, 3.8) is 0 Å². The number of nitrogens with zero attached hydrogens (tertiary/aromatic N) is 2. The van der Waals surface area contributed by atoms with Crippen molar-refractivity contribution in [1.29, 1.82) is 0 Å². The summed E-state index contributed by atoms with van der Waals surface area (Å²) in [5.74, 6) is 0. The van der Waals surface area contributed by atoms with Gasteiger partial charge in [-0.15, -0.1) is 0 Å². The van der Waals surface area contributed by atoms with Crippen molar-refractivity contribution in [2.24, 2.45) is 0 Å². The van der Waals surface area contributed by atoms with E-state index in [2.05, 4.69) is 5.32 Å². The lowest BCUT2D eigenvalue weighted by Gasteiger charge is -2.36. The second-order valence-corrected chi connectivity index (χ2v) is 6.32. The predicted molar refractivity (Wildman–Crippen MR) is 95.4 cm³/mol. The molecule has 2 aromatic carbocycles. The summed E-state index contributed by atoms with van der Waals surface area (Å²) in [5, 5.41) is 2.86. The second kappa shape index (κ2) is 7.27. The molecule has 7 heteroatoms. The lowest BCUT2D eigenvalue weighted by Crippen LogP contribution is -2.50. The van der Waals surface area contributed by atoms with Crippen molar-refractivity contribution < 1.29 is 18.0 Å². The van der Waals surface area contributed by atoms with E-state index in [9.17, 15) is 18.0 Å². The molecule has 138 valence electrons. The molecule has 26 heavy (non-hydrogen) atoms. The van der Waals surface area contributed by atoms with E-state index in [4.69, 9.17) is 0 Å². The van der Waals surface area contributed by atoms with Crippen molar-refractivity contribution in [2.75, 3.05) is 36.4 Å². The molecule has 2 amide bonds. The minimum Gasteiger partial charge on any atom is -0.368 e. The van der Waals surface area contributed by atoms with Crippen LogP contribution in [0.2, 0.25) is 0 Å². The molecule has 3 rings (SSSR count). The number of carbonyl (C=O) groups is 1. The number of anilines is 2. The largest absolute Gasteiger partial charge is 0.416 e. The Bertz CT molecular complexity index is 784. The summed E-state index contributed by atoms with van der Waals surface area (Å²) in [6, 6.07) is 12.6. The molecule has 1 aliphatic rings. The number of alkyl halides is 3. The van der Waals surface area contributed by atoms with E-state index in [1.54, 1.807) is 11.0 Å². The lowest BCUT2D eigenvalue weighted by atomic mass is 10.1. The summed E-state index contributed by atoms with van der Waals surface area (Å²) in [7, 11) is 0. The van der Waals surface area contributed by atoms with Gasteiger partial charge >= 0.3 is 12.2 Å². The minimum absolute atomic E-state index is 0.195. The van der Waals surface area contributed by atoms with Crippen molar-refractivity contribution >= 4 is 17.4 Å². The number of urea groups is 1. The van der Waals surface area contributed by atoms with Crippen LogP contribution in [0.5, 0.6) is 0 Å². The first-order chi connectivity index (χ1) is 12.3. The zero-order chi connectivity index (χ0) is 18.7. The molecule has 1 aliphatic heterocycles. The molecule has 2 aromatic rings. The van der Waals surface area contributed by atoms with E-state index >= 15 is 0 Å². The molecule has 1 fully saturated rings. The zero-order valence-corrected chi connectivity index (χ0v) is 14.4. The Morgan fingerprint density at radius 3 is 2.35 bits per heavy atom. The van der Waals surface area contributed by atoms with E-state index in [1.807, 2.05) is 36.1 Å². The van der Waals surface area contributed by atoms with Gasteiger partial charge in [0, 0.05) is 37.6 Å². The van der Waals surface area contributed by atoms with E-state index in [0.717, 1.165) is 23.4 Å². The summed E-state index contributed by atoms with van der Waals surface area (Å²) in [6.45, 7) is 3.83. The van der Waals surface area contributed by atoms with E-state index in [-0.39, 0.29) is 6.03 Å². The van der Waals surface area contributed by atoms with Gasteiger partial charge in [-0.05, 0) is 42.8 Å². The summed E-state index contributed by atoms with van der Waals surface area (Å²) in [4.78, 5) is 15.9. The topological polar surface area (TPSA) is 35.6 Å². The van der Waals surface area contributed by atoms with Crippen LogP contribution in [0.3, 0.4) is 0 Å². The first-order valence-electron chi connectivity index (χ1n) is 8.38. The van der Waals surface area contributed by atoms with Gasteiger partial charge in [-0.1, -0.05) is 18.2 Å². The maximum atomic E-state index is 12.9. The van der Waals surface area contributed by atoms with Gasteiger partial charge in [-0.3, -0.25) is 0 Å². The molecule has 0 aliphatic carbocycles. The van der Waals surface area contributed by atoms with Gasteiger partial charge in [0.25, 0.3) is 0 Å². The Hall–Kier alpha value is -2.70. The highest BCUT2D eigenvalue weighted by molar-refractivity contribution is 5.89. The predicted octanol–water partition coefficient (Wildman–Crippen LogP) is 4.37. The van der Waals surface area contributed by atoms with Crippen LogP contribution in [0.1, 0.15) is 11.1 Å². The summed E-state index contributed by atoms with van der Waals surface area (Å²) in [6.07, 6.45) is -4.36. The van der Waals surface area contributed by atoms with Crippen LogP contribution in [0.15, 0.2) is 48.5 Å². The van der Waals surface area contributed by atoms with Gasteiger partial charge in [0.05, 0.1) is 5.56 Å². The van der Waals surface area contributed by atoms with E-state index in [0.29, 0.717) is 31.9 Å². The van der Waals surface area contributed by atoms with Crippen LogP contribution >= 0.6 is 0 Å². The van der Waals surface area contributed by atoms with E-state index < -0.39 is 11.7 Å². The van der Waals surface area contributed by atoms with Crippen molar-refractivity contribution in [3.8, 4) is 0 Å². The van der Waals surface area contributed by atoms with Crippen LogP contribution < -0.4 is 10.2 Å². The van der Waals surface area contributed by atoms with Gasteiger partial charge in [-0.2, -0.15) is 13.2 Å². The Morgan fingerprint density at radius 1 is 1.00 bits per heavy atom. The summed E-state index contributed by atoms with van der Waals surface area (Å²) < 4.78 is 38.6. The van der Waals surface area contributed by atoms with Gasteiger partial charge in [-0.25, -0.2) is 4.79 Å². The SMILES string of the molecule is Cc1cccc(NC(=O)N2CCN(c3cccc(C(F)(F)F)c3)CC2)c1. The smallest absolute Gasteiger partial charge is 0.368 e. The highest BCUT2D eigenvalue weighted by Crippen LogP contribution is 2.31. The van der Waals surface area contributed by atoms with E-state index in [1.165, 1.54) is 6.07 Å². The fourth-order valence-electron chi connectivity index (χ4n) is 2.97. The molecule has 4 nitrogen and oxygen atoms in total. The van der Waals surface area contributed by atoms with Gasteiger partial charge in [0.2, 0.25) is 0 Å². The number of nitrogens with one attached hydrogen (secondary N) is 1.